The highest BCUT2D eigenvalue weighted by molar-refractivity contribution is 7.14. The molecule has 0 unspecified atom stereocenters. The fraction of sp³-hybridized carbons (Fsp3) is 0. The maximum Gasteiger partial charge on any atom is 0.261 e. The molecule has 2 N–H and O–H groups in total. The lowest BCUT2D eigenvalue weighted by Crippen LogP contribution is -2.14. The highest BCUT2D eigenvalue weighted by Crippen LogP contribution is 2.29. The van der Waals surface area contributed by atoms with Crippen molar-refractivity contribution in [2.45, 2.75) is 0 Å². The minimum Gasteiger partial charge on any atom is -0.339 e. The summed E-state index contributed by atoms with van der Waals surface area (Å²) in [4.78, 5) is 21.0. The molecule has 4 aromatic rings. The lowest BCUT2D eigenvalue weighted by Gasteiger charge is -2.10. The summed E-state index contributed by atoms with van der Waals surface area (Å²) in [7, 11) is 0. The van der Waals surface area contributed by atoms with Gasteiger partial charge in [0.1, 0.15) is 23.3 Å². The van der Waals surface area contributed by atoms with Gasteiger partial charge in [0.25, 0.3) is 5.91 Å². The maximum atomic E-state index is 14.0. The molecule has 150 valence electrons. The Morgan fingerprint density at radius 3 is 2.50 bits per heavy atom. The number of pyridine rings is 1. The van der Waals surface area contributed by atoms with Crippen LogP contribution in [0.1, 0.15) is 10.4 Å². The number of anilines is 3. The Labute approximate surface area is 173 Å². The van der Waals surface area contributed by atoms with Crippen molar-refractivity contribution in [2.75, 3.05) is 10.6 Å². The summed E-state index contributed by atoms with van der Waals surface area (Å²) in [5.74, 6) is -2.23. The summed E-state index contributed by atoms with van der Waals surface area (Å²) in [6.45, 7) is 0. The van der Waals surface area contributed by atoms with Gasteiger partial charge in [0.2, 0.25) is 0 Å². The second kappa shape index (κ2) is 8.34. The van der Waals surface area contributed by atoms with Gasteiger partial charge in [-0.1, -0.05) is 12.1 Å². The third-order valence-electron chi connectivity index (χ3n) is 4.08. The zero-order valence-electron chi connectivity index (χ0n) is 15.2. The van der Waals surface area contributed by atoms with Crippen LogP contribution in [0.15, 0.2) is 66.2 Å². The first kappa shape index (κ1) is 19.6. The molecule has 5 nitrogen and oxygen atoms in total. The summed E-state index contributed by atoms with van der Waals surface area (Å²) in [6, 6.07) is 12.4. The first-order chi connectivity index (χ1) is 14.5. The number of halogens is 3. The number of nitrogens with one attached hydrogen (secondary N) is 2. The number of thiazole rings is 1. The van der Waals surface area contributed by atoms with Crippen LogP contribution in [0.5, 0.6) is 0 Å². The Morgan fingerprint density at radius 1 is 0.967 bits per heavy atom. The molecule has 0 radical (unpaired) electrons. The van der Waals surface area contributed by atoms with E-state index < -0.39 is 23.4 Å². The van der Waals surface area contributed by atoms with E-state index >= 15 is 0 Å². The van der Waals surface area contributed by atoms with E-state index in [-0.39, 0.29) is 27.8 Å². The highest BCUT2D eigenvalue weighted by Gasteiger charge is 2.17. The van der Waals surface area contributed by atoms with Crippen molar-refractivity contribution in [2.24, 2.45) is 0 Å². The van der Waals surface area contributed by atoms with Crippen molar-refractivity contribution >= 4 is 33.9 Å². The van der Waals surface area contributed by atoms with E-state index in [0.717, 1.165) is 23.5 Å². The number of aromatic nitrogens is 2. The average Bonchev–Trinajstić information content (AvgIpc) is 3.16. The van der Waals surface area contributed by atoms with Crippen LogP contribution in [0.4, 0.5) is 29.8 Å². The largest absolute Gasteiger partial charge is 0.339 e. The van der Waals surface area contributed by atoms with Crippen LogP contribution in [0, 0.1) is 17.5 Å². The van der Waals surface area contributed by atoms with Gasteiger partial charge in [-0.3, -0.25) is 10.1 Å². The van der Waals surface area contributed by atoms with E-state index in [4.69, 9.17) is 0 Å². The molecule has 0 spiro atoms. The summed E-state index contributed by atoms with van der Waals surface area (Å²) in [6.07, 6.45) is 1.49. The summed E-state index contributed by atoms with van der Waals surface area (Å²) in [5, 5.41) is 7.11. The summed E-state index contributed by atoms with van der Waals surface area (Å²) < 4.78 is 41.3. The molecule has 0 saturated carbocycles. The molecule has 0 aliphatic carbocycles. The Morgan fingerprint density at radius 2 is 1.73 bits per heavy atom. The van der Waals surface area contributed by atoms with Gasteiger partial charge in [0.05, 0.1) is 16.8 Å². The van der Waals surface area contributed by atoms with Gasteiger partial charge in [0.15, 0.2) is 5.13 Å². The number of hydrogen-bond donors (Lipinski definition) is 2. The van der Waals surface area contributed by atoms with Crippen molar-refractivity contribution in [1.29, 1.82) is 0 Å². The van der Waals surface area contributed by atoms with E-state index in [1.165, 1.54) is 41.9 Å². The molecule has 9 heteroatoms. The molecule has 2 heterocycles. The third-order valence-corrected chi connectivity index (χ3v) is 4.84. The minimum absolute atomic E-state index is 0.0789. The topological polar surface area (TPSA) is 66.9 Å². The van der Waals surface area contributed by atoms with Gasteiger partial charge in [-0.25, -0.2) is 23.1 Å². The third kappa shape index (κ3) is 4.15. The smallest absolute Gasteiger partial charge is 0.261 e. The number of rotatable bonds is 5. The molecule has 0 saturated heterocycles. The molecular formula is C21H13F3N4OS. The Balaban J connectivity index is 1.56. The standard InChI is InChI=1S/C21H13F3N4OS/c22-12-4-1-5-13(10-12)26-19-14(6-3-9-25-19)20(29)28-21-27-17(11-30-21)18-15(23)7-2-8-16(18)24/h1-11H,(H,25,26)(H,27,28,29). The minimum atomic E-state index is -0.744. The van der Waals surface area contributed by atoms with Crippen LogP contribution < -0.4 is 10.6 Å². The van der Waals surface area contributed by atoms with E-state index in [1.54, 1.807) is 12.1 Å². The van der Waals surface area contributed by atoms with E-state index in [0.29, 0.717) is 5.69 Å². The van der Waals surface area contributed by atoms with Gasteiger partial charge in [-0.15, -0.1) is 11.3 Å². The fourth-order valence-corrected chi connectivity index (χ4v) is 3.44. The molecule has 0 aliphatic rings. The number of benzene rings is 2. The Bertz CT molecular complexity index is 1210. The lowest BCUT2D eigenvalue weighted by molar-refractivity contribution is 0.102. The van der Waals surface area contributed by atoms with Crippen LogP contribution >= 0.6 is 11.3 Å². The molecule has 2 aromatic carbocycles. The van der Waals surface area contributed by atoms with E-state index in [2.05, 4.69) is 20.6 Å². The zero-order valence-corrected chi connectivity index (χ0v) is 16.0. The number of amides is 1. The highest BCUT2D eigenvalue weighted by atomic mass is 32.1. The van der Waals surface area contributed by atoms with Crippen molar-refractivity contribution in [3.63, 3.8) is 0 Å². The quantitative estimate of drug-likeness (QED) is 0.435. The van der Waals surface area contributed by atoms with Crippen LogP contribution in [0.25, 0.3) is 11.3 Å². The van der Waals surface area contributed by atoms with E-state index in [9.17, 15) is 18.0 Å². The molecular weight excluding hydrogens is 413 g/mol. The molecule has 30 heavy (non-hydrogen) atoms. The van der Waals surface area contributed by atoms with E-state index in [1.807, 2.05) is 0 Å². The second-order valence-corrected chi connectivity index (χ2v) is 6.98. The van der Waals surface area contributed by atoms with Crippen LogP contribution in [0.3, 0.4) is 0 Å². The monoisotopic (exact) mass is 426 g/mol. The normalized spacial score (nSPS) is 10.6. The lowest BCUT2D eigenvalue weighted by atomic mass is 10.1. The summed E-state index contributed by atoms with van der Waals surface area (Å²) in [5.41, 5.74) is 0.434. The SMILES string of the molecule is O=C(Nc1nc(-c2c(F)cccc2F)cs1)c1cccnc1Nc1cccc(F)c1. The van der Waals surface area contributed by atoms with Crippen molar-refractivity contribution < 1.29 is 18.0 Å². The molecule has 0 atom stereocenters. The Kier molecular flexibility index (Phi) is 5.44. The van der Waals surface area contributed by atoms with Gasteiger partial charge in [0, 0.05) is 17.3 Å². The first-order valence-corrected chi connectivity index (χ1v) is 9.58. The number of hydrogen-bond acceptors (Lipinski definition) is 5. The molecule has 0 fully saturated rings. The Hall–Kier alpha value is -3.72. The predicted molar refractivity (Wildman–Crippen MR) is 109 cm³/mol. The van der Waals surface area contributed by atoms with Gasteiger partial charge < -0.3 is 5.32 Å². The molecule has 1 amide bonds. The van der Waals surface area contributed by atoms with Gasteiger partial charge >= 0.3 is 0 Å². The number of carbonyl (C=O) groups excluding carboxylic acids is 1. The van der Waals surface area contributed by atoms with Crippen molar-refractivity contribution in [1.82, 2.24) is 9.97 Å². The van der Waals surface area contributed by atoms with Crippen LogP contribution in [-0.4, -0.2) is 15.9 Å². The molecule has 4 rings (SSSR count). The predicted octanol–water partition coefficient (Wildman–Crippen LogP) is 5.62. The van der Waals surface area contributed by atoms with Crippen LogP contribution in [0.2, 0.25) is 0 Å². The van der Waals surface area contributed by atoms with Gasteiger partial charge in [-0.05, 0) is 42.5 Å². The van der Waals surface area contributed by atoms with Crippen molar-refractivity contribution in [3.8, 4) is 11.3 Å². The zero-order chi connectivity index (χ0) is 21.1. The van der Waals surface area contributed by atoms with Crippen LogP contribution in [-0.2, 0) is 0 Å². The van der Waals surface area contributed by atoms with Crippen molar-refractivity contribution in [3.05, 3.63) is 89.2 Å². The van der Waals surface area contributed by atoms with Gasteiger partial charge in [-0.2, -0.15) is 0 Å². The number of nitrogens with zero attached hydrogens (tertiary/aromatic N) is 2. The average molecular weight is 426 g/mol. The summed E-state index contributed by atoms with van der Waals surface area (Å²) >= 11 is 1.03. The maximum absolute atomic E-state index is 14.0. The molecule has 0 aliphatic heterocycles. The molecule has 0 bridgehead atoms. The fourth-order valence-electron chi connectivity index (χ4n) is 2.74. The molecule has 2 aromatic heterocycles. The first-order valence-electron chi connectivity index (χ1n) is 8.70. The number of carbonyl (C=O) groups is 1. The second-order valence-electron chi connectivity index (χ2n) is 6.12.